The number of amides is 1. The van der Waals surface area contributed by atoms with Gasteiger partial charge in [0.1, 0.15) is 5.75 Å². The number of aliphatic imine (C=N–C) groups is 1. The largest absolute Gasteiger partial charge is 0.508 e. The number of phenols is 1. The van der Waals surface area contributed by atoms with Crippen LogP contribution in [-0.2, 0) is 4.79 Å². The monoisotopic (exact) mass is 324 g/mol. The fraction of sp³-hybridized carbons (Fsp3) is 0.300. The smallest absolute Gasteiger partial charge is 0.222 e. The molecule has 2 aromatic carbocycles. The Morgan fingerprint density at radius 3 is 2.29 bits per heavy atom. The number of nitrogens with one attached hydrogen (secondary N) is 1. The quantitative estimate of drug-likeness (QED) is 0.606. The Balaban J connectivity index is 2.06. The molecule has 2 aromatic rings. The number of rotatable bonds is 7. The van der Waals surface area contributed by atoms with Crippen LogP contribution >= 0.6 is 0 Å². The first kappa shape index (κ1) is 17.7. The van der Waals surface area contributed by atoms with E-state index in [9.17, 15) is 9.90 Å². The average molecular weight is 324 g/mol. The van der Waals surface area contributed by atoms with Gasteiger partial charge >= 0.3 is 0 Å². The van der Waals surface area contributed by atoms with Crippen molar-refractivity contribution in [3.63, 3.8) is 0 Å². The third-order valence-electron chi connectivity index (χ3n) is 3.62. The highest BCUT2D eigenvalue weighted by molar-refractivity contribution is 6.12. The van der Waals surface area contributed by atoms with Crippen molar-refractivity contribution in [2.24, 2.45) is 10.9 Å². The van der Waals surface area contributed by atoms with Crippen molar-refractivity contribution < 1.29 is 9.90 Å². The zero-order chi connectivity index (χ0) is 17.4. The van der Waals surface area contributed by atoms with Crippen molar-refractivity contribution in [3.05, 3.63) is 65.7 Å². The highest BCUT2D eigenvalue weighted by atomic mass is 16.3. The van der Waals surface area contributed by atoms with Crippen LogP contribution in [0, 0.1) is 5.92 Å². The Kier molecular flexibility index (Phi) is 6.55. The van der Waals surface area contributed by atoms with E-state index in [1.807, 2.05) is 56.3 Å². The van der Waals surface area contributed by atoms with E-state index in [0.29, 0.717) is 13.1 Å². The molecule has 0 heterocycles. The molecule has 2 rings (SSSR count). The van der Waals surface area contributed by atoms with Crippen LogP contribution in [0.5, 0.6) is 5.75 Å². The molecule has 0 saturated carbocycles. The van der Waals surface area contributed by atoms with Gasteiger partial charge in [-0.25, -0.2) is 0 Å². The second-order valence-corrected chi connectivity index (χ2v) is 5.94. The van der Waals surface area contributed by atoms with E-state index in [-0.39, 0.29) is 17.6 Å². The third kappa shape index (κ3) is 5.23. The summed E-state index contributed by atoms with van der Waals surface area (Å²) in [6, 6.07) is 17.0. The standard InChI is InChI=1S/C20H24N2O2/c1-15(2)20(24)22-14-6-13-21-19(16-7-4-3-5-8-16)17-9-11-18(23)12-10-17/h3-5,7-12,15,23H,6,13-14H2,1-2H3,(H,22,24). The van der Waals surface area contributed by atoms with E-state index in [4.69, 9.17) is 4.99 Å². The van der Waals surface area contributed by atoms with Crippen LogP contribution in [0.3, 0.4) is 0 Å². The van der Waals surface area contributed by atoms with Gasteiger partial charge in [-0.1, -0.05) is 44.2 Å². The SMILES string of the molecule is CC(C)C(=O)NCCCN=C(c1ccccc1)c1ccc(O)cc1. The van der Waals surface area contributed by atoms with Gasteiger partial charge < -0.3 is 10.4 Å². The zero-order valence-electron chi connectivity index (χ0n) is 14.2. The van der Waals surface area contributed by atoms with Crippen LogP contribution < -0.4 is 5.32 Å². The van der Waals surface area contributed by atoms with Gasteiger partial charge in [0.25, 0.3) is 0 Å². The van der Waals surface area contributed by atoms with Crippen molar-refractivity contribution in [1.29, 1.82) is 0 Å². The van der Waals surface area contributed by atoms with Gasteiger partial charge in [-0.3, -0.25) is 9.79 Å². The van der Waals surface area contributed by atoms with Crippen LogP contribution in [0.25, 0.3) is 0 Å². The summed E-state index contributed by atoms with van der Waals surface area (Å²) in [5.41, 5.74) is 2.89. The maximum atomic E-state index is 11.5. The minimum absolute atomic E-state index is 0.00498. The minimum atomic E-state index is 0.00498. The molecule has 0 bridgehead atoms. The Labute approximate surface area is 143 Å². The molecule has 1 amide bonds. The molecular weight excluding hydrogens is 300 g/mol. The normalized spacial score (nSPS) is 11.5. The molecule has 2 N–H and O–H groups in total. The molecule has 0 aliphatic rings. The van der Waals surface area contributed by atoms with Gasteiger partial charge in [0.2, 0.25) is 5.91 Å². The molecule has 0 aliphatic heterocycles. The zero-order valence-corrected chi connectivity index (χ0v) is 14.2. The molecule has 0 spiro atoms. The summed E-state index contributed by atoms with van der Waals surface area (Å²) in [6.07, 6.45) is 0.785. The summed E-state index contributed by atoms with van der Waals surface area (Å²) in [7, 11) is 0. The van der Waals surface area contributed by atoms with Gasteiger partial charge in [0, 0.05) is 30.1 Å². The van der Waals surface area contributed by atoms with Crippen LogP contribution in [-0.4, -0.2) is 29.8 Å². The van der Waals surface area contributed by atoms with Crippen molar-refractivity contribution >= 4 is 11.6 Å². The topological polar surface area (TPSA) is 61.7 Å². The fourth-order valence-electron chi connectivity index (χ4n) is 2.25. The van der Waals surface area contributed by atoms with Gasteiger partial charge in [-0.15, -0.1) is 0 Å². The summed E-state index contributed by atoms with van der Waals surface area (Å²) >= 11 is 0. The number of hydrogen-bond donors (Lipinski definition) is 2. The van der Waals surface area contributed by atoms with E-state index in [1.165, 1.54) is 0 Å². The number of carbonyl (C=O) groups excluding carboxylic acids is 1. The summed E-state index contributed by atoms with van der Waals surface area (Å²) < 4.78 is 0. The van der Waals surface area contributed by atoms with Crippen molar-refractivity contribution in [2.75, 3.05) is 13.1 Å². The van der Waals surface area contributed by atoms with Crippen LogP contribution in [0.1, 0.15) is 31.4 Å². The number of benzene rings is 2. The van der Waals surface area contributed by atoms with Crippen LogP contribution in [0.15, 0.2) is 59.6 Å². The molecule has 0 saturated heterocycles. The maximum absolute atomic E-state index is 11.5. The number of nitrogens with zero attached hydrogens (tertiary/aromatic N) is 1. The number of carbonyl (C=O) groups is 1. The molecule has 126 valence electrons. The summed E-state index contributed by atoms with van der Waals surface area (Å²) in [4.78, 5) is 16.3. The second-order valence-electron chi connectivity index (χ2n) is 5.94. The van der Waals surface area contributed by atoms with Gasteiger partial charge in [-0.05, 0) is 30.7 Å². The molecule has 0 fully saturated rings. The number of phenolic OH excluding ortho intramolecular Hbond substituents is 1. The lowest BCUT2D eigenvalue weighted by Crippen LogP contribution is -2.28. The first-order valence-corrected chi connectivity index (χ1v) is 8.25. The first-order valence-electron chi connectivity index (χ1n) is 8.25. The van der Waals surface area contributed by atoms with E-state index >= 15 is 0 Å². The Morgan fingerprint density at radius 2 is 1.67 bits per heavy atom. The first-order chi connectivity index (χ1) is 11.6. The minimum Gasteiger partial charge on any atom is -0.508 e. The van der Waals surface area contributed by atoms with Crippen molar-refractivity contribution in [1.82, 2.24) is 5.32 Å². The Morgan fingerprint density at radius 1 is 1.04 bits per heavy atom. The Hall–Kier alpha value is -2.62. The van der Waals surface area contributed by atoms with Gasteiger partial charge in [0.15, 0.2) is 0 Å². The lowest BCUT2D eigenvalue weighted by Gasteiger charge is -2.09. The van der Waals surface area contributed by atoms with Crippen LogP contribution in [0.4, 0.5) is 0 Å². The average Bonchev–Trinajstić information content (AvgIpc) is 2.59. The van der Waals surface area contributed by atoms with E-state index in [2.05, 4.69) is 5.32 Å². The fourth-order valence-corrected chi connectivity index (χ4v) is 2.25. The third-order valence-corrected chi connectivity index (χ3v) is 3.62. The molecule has 4 heteroatoms. The molecular formula is C20H24N2O2. The molecule has 0 unspecified atom stereocenters. The van der Waals surface area contributed by atoms with Crippen molar-refractivity contribution in [2.45, 2.75) is 20.3 Å². The molecule has 0 atom stereocenters. The molecule has 0 aromatic heterocycles. The van der Waals surface area contributed by atoms with E-state index in [1.54, 1.807) is 12.1 Å². The summed E-state index contributed by atoms with van der Waals surface area (Å²) in [5.74, 6) is 0.314. The predicted molar refractivity (Wildman–Crippen MR) is 97.5 cm³/mol. The second kappa shape index (κ2) is 8.87. The maximum Gasteiger partial charge on any atom is 0.222 e. The highest BCUT2D eigenvalue weighted by Crippen LogP contribution is 2.15. The van der Waals surface area contributed by atoms with Crippen LogP contribution in [0.2, 0.25) is 0 Å². The summed E-state index contributed by atoms with van der Waals surface area (Å²) in [6.45, 7) is 5.01. The lowest BCUT2D eigenvalue weighted by molar-refractivity contribution is -0.123. The Bertz CT molecular complexity index is 677. The predicted octanol–water partition coefficient (Wildman–Crippen LogP) is 3.39. The van der Waals surface area contributed by atoms with Gasteiger partial charge in [0.05, 0.1) is 5.71 Å². The number of aromatic hydroxyl groups is 1. The molecule has 24 heavy (non-hydrogen) atoms. The number of hydrogen-bond acceptors (Lipinski definition) is 3. The van der Waals surface area contributed by atoms with E-state index < -0.39 is 0 Å². The lowest BCUT2D eigenvalue weighted by atomic mass is 10.0. The molecule has 0 aliphatic carbocycles. The molecule has 0 radical (unpaired) electrons. The summed E-state index contributed by atoms with van der Waals surface area (Å²) in [5, 5.41) is 12.4. The van der Waals surface area contributed by atoms with E-state index in [0.717, 1.165) is 23.3 Å². The highest BCUT2D eigenvalue weighted by Gasteiger charge is 2.07. The molecule has 4 nitrogen and oxygen atoms in total. The van der Waals surface area contributed by atoms with Crippen molar-refractivity contribution in [3.8, 4) is 5.75 Å². The van der Waals surface area contributed by atoms with Gasteiger partial charge in [-0.2, -0.15) is 0 Å².